The summed E-state index contributed by atoms with van der Waals surface area (Å²) >= 11 is 0. The molecular weight excluding hydrogens is 294 g/mol. The molecule has 7 nitrogen and oxygen atoms in total. The number of amides is 1. The van der Waals surface area contributed by atoms with Crippen LogP contribution < -0.4 is 0 Å². The maximum atomic E-state index is 12.7. The molecule has 1 spiro atoms. The van der Waals surface area contributed by atoms with Gasteiger partial charge in [-0.2, -0.15) is 0 Å². The van der Waals surface area contributed by atoms with Crippen LogP contribution in [-0.2, 0) is 14.8 Å². The molecule has 2 saturated heterocycles. The van der Waals surface area contributed by atoms with Gasteiger partial charge in [0.1, 0.15) is 5.54 Å². The fraction of sp³-hybridized carbons (Fsp3) is 0.923. The number of hydrogen-bond acceptors (Lipinski definition) is 5. The molecule has 8 heteroatoms. The highest BCUT2D eigenvalue weighted by Gasteiger charge is 2.50. The number of sulfonamides is 1. The van der Waals surface area contributed by atoms with E-state index < -0.39 is 15.6 Å². The largest absolute Gasteiger partial charge is 0.395 e. The number of carbonyl (C=O) groups excluding carboxylic acids is 1. The van der Waals surface area contributed by atoms with Crippen molar-refractivity contribution in [1.29, 1.82) is 0 Å². The lowest BCUT2D eigenvalue weighted by Gasteiger charge is -2.51. The number of aliphatic hydroxyl groups is 1. The van der Waals surface area contributed by atoms with E-state index in [0.29, 0.717) is 39.0 Å². The van der Waals surface area contributed by atoms with Gasteiger partial charge in [0.25, 0.3) is 0 Å². The van der Waals surface area contributed by atoms with Crippen LogP contribution in [0.5, 0.6) is 0 Å². The van der Waals surface area contributed by atoms with Crippen LogP contribution in [0.4, 0.5) is 0 Å². The zero-order chi connectivity index (χ0) is 15.7. The van der Waals surface area contributed by atoms with Gasteiger partial charge in [-0.05, 0) is 26.8 Å². The molecule has 1 amide bonds. The molecule has 2 aliphatic rings. The predicted molar refractivity (Wildman–Crippen MR) is 79.3 cm³/mol. The molecule has 0 aromatic carbocycles. The van der Waals surface area contributed by atoms with Gasteiger partial charge in [-0.25, -0.2) is 12.7 Å². The van der Waals surface area contributed by atoms with Crippen molar-refractivity contribution in [2.75, 3.05) is 52.1 Å². The number of aliphatic hydroxyl groups excluding tert-OH is 1. The zero-order valence-corrected chi connectivity index (χ0v) is 13.6. The average Bonchev–Trinajstić information content (AvgIpc) is 2.49. The Bertz CT molecular complexity index is 486. The summed E-state index contributed by atoms with van der Waals surface area (Å²) in [4.78, 5) is 16.5. The van der Waals surface area contributed by atoms with E-state index in [9.17, 15) is 13.2 Å². The first-order chi connectivity index (χ1) is 9.87. The Balaban J connectivity index is 2.14. The van der Waals surface area contributed by atoms with Gasteiger partial charge in [-0.3, -0.25) is 9.69 Å². The van der Waals surface area contributed by atoms with Crippen molar-refractivity contribution in [1.82, 2.24) is 14.1 Å². The summed E-state index contributed by atoms with van der Waals surface area (Å²) in [5.74, 6) is 0.124. The third-order valence-electron chi connectivity index (χ3n) is 4.80. The van der Waals surface area contributed by atoms with E-state index in [0.717, 1.165) is 6.54 Å². The lowest BCUT2D eigenvalue weighted by molar-refractivity contribution is -0.153. The summed E-state index contributed by atoms with van der Waals surface area (Å²) in [6.07, 6.45) is 1.03. The van der Waals surface area contributed by atoms with Crippen LogP contribution in [0, 0.1) is 0 Å². The van der Waals surface area contributed by atoms with Gasteiger partial charge in [-0.15, -0.1) is 0 Å². The molecule has 21 heavy (non-hydrogen) atoms. The molecule has 2 aliphatic heterocycles. The highest BCUT2D eigenvalue weighted by atomic mass is 32.2. The summed E-state index contributed by atoms with van der Waals surface area (Å²) in [7, 11) is -1.26. The van der Waals surface area contributed by atoms with Gasteiger partial charge in [-0.1, -0.05) is 0 Å². The van der Waals surface area contributed by atoms with Gasteiger partial charge in [0.2, 0.25) is 15.9 Å². The molecule has 0 atom stereocenters. The first-order valence-electron chi connectivity index (χ1n) is 7.46. The molecule has 0 aromatic heterocycles. The van der Waals surface area contributed by atoms with Crippen LogP contribution in [0.1, 0.15) is 19.8 Å². The summed E-state index contributed by atoms with van der Waals surface area (Å²) in [6.45, 7) is 4.10. The molecule has 0 aromatic rings. The number of carbonyl (C=O) groups is 1. The Morgan fingerprint density at radius 2 is 1.81 bits per heavy atom. The predicted octanol–water partition coefficient (Wildman–Crippen LogP) is -1.06. The topological polar surface area (TPSA) is 81.2 Å². The molecule has 1 N–H and O–H groups in total. The summed E-state index contributed by atoms with van der Waals surface area (Å²) < 4.78 is 25.4. The van der Waals surface area contributed by atoms with Crippen LogP contribution in [0.25, 0.3) is 0 Å². The molecule has 2 rings (SSSR count). The first-order valence-corrected chi connectivity index (χ1v) is 9.07. The molecule has 2 heterocycles. The van der Waals surface area contributed by atoms with Crippen molar-refractivity contribution in [2.45, 2.75) is 25.3 Å². The fourth-order valence-corrected chi connectivity index (χ4v) is 4.39. The van der Waals surface area contributed by atoms with Crippen molar-refractivity contribution in [2.24, 2.45) is 0 Å². The Labute approximate surface area is 126 Å². The Hall–Kier alpha value is -0.700. The minimum atomic E-state index is -3.19. The number of hydrogen-bond donors (Lipinski definition) is 1. The van der Waals surface area contributed by atoms with Crippen molar-refractivity contribution in [3.05, 3.63) is 0 Å². The Kier molecular flexibility index (Phi) is 4.92. The number of β-amino-alcohol motifs (C(OH)–C–C–N with tert-alkyl or cyclic N) is 1. The number of rotatable bonds is 4. The summed E-state index contributed by atoms with van der Waals surface area (Å²) in [5.41, 5.74) is -0.604. The smallest absolute Gasteiger partial charge is 0.243 e. The third-order valence-corrected chi connectivity index (χ3v) is 6.68. The molecule has 0 radical (unpaired) electrons. The van der Waals surface area contributed by atoms with Gasteiger partial charge < -0.3 is 10.0 Å². The van der Waals surface area contributed by atoms with Crippen LogP contribution in [0.15, 0.2) is 0 Å². The van der Waals surface area contributed by atoms with E-state index in [2.05, 4.69) is 4.90 Å². The number of piperidine rings is 1. The minimum absolute atomic E-state index is 0.0267. The summed E-state index contributed by atoms with van der Waals surface area (Å²) in [6, 6.07) is 0. The minimum Gasteiger partial charge on any atom is -0.395 e. The lowest BCUT2D eigenvalue weighted by Crippen LogP contribution is -2.68. The number of likely N-dealkylation sites (N-methyl/N-ethyl adjacent to an activating group) is 1. The molecule has 122 valence electrons. The average molecular weight is 319 g/mol. The second kappa shape index (κ2) is 6.20. The van der Waals surface area contributed by atoms with E-state index in [1.807, 2.05) is 7.05 Å². The lowest BCUT2D eigenvalue weighted by atomic mass is 9.83. The van der Waals surface area contributed by atoms with Crippen molar-refractivity contribution >= 4 is 15.9 Å². The van der Waals surface area contributed by atoms with Gasteiger partial charge in [0.15, 0.2) is 0 Å². The fourth-order valence-electron chi connectivity index (χ4n) is 3.29. The van der Waals surface area contributed by atoms with Crippen LogP contribution in [-0.4, -0.2) is 91.2 Å². The molecule has 0 aliphatic carbocycles. The molecule has 0 unspecified atom stereocenters. The standard InChI is InChI=1S/C13H25N3O4S/c1-3-21(19,20)16-6-4-13(5-7-16)12(18)15(10-11-17)9-8-14(13)2/h17H,3-11H2,1-2H3. The SMILES string of the molecule is CCS(=O)(=O)N1CCC2(CC1)C(=O)N(CCO)CCN2C. The highest BCUT2D eigenvalue weighted by molar-refractivity contribution is 7.89. The Morgan fingerprint density at radius 3 is 2.33 bits per heavy atom. The molecular formula is C13H25N3O4S. The van der Waals surface area contributed by atoms with Crippen LogP contribution >= 0.6 is 0 Å². The number of nitrogens with zero attached hydrogens (tertiary/aromatic N) is 3. The van der Waals surface area contributed by atoms with Crippen LogP contribution in [0.3, 0.4) is 0 Å². The van der Waals surface area contributed by atoms with Gasteiger partial charge in [0.05, 0.1) is 12.4 Å². The van der Waals surface area contributed by atoms with Gasteiger partial charge >= 0.3 is 0 Å². The second-order valence-corrected chi connectivity index (χ2v) is 8.03. The molecule has 0 saturated carbocycles. The van der Waals surface area contributed by atoms with E-state index >= 15 is 0 Å². The first kappa shape index (κ1) is 16.7. The van der Waals surface area contributed by atoms with Crippen molar-refractivity contribution < 1.29 is 18.3 Å². The third kappa shape index (κ3) is 2.94. The van der Waals surface area contributed by atoms with Crippen LogP contribution in [0.2, 0.25) is 0 Å². The van der Waals surface area contributed by atoms with Gasteiger partial charge in [0, 0.05) is 32.7 Å². The van der Waals surface area contributed by atoms with E-state index in [4.69, 9.17) is 5.11 Å². The normalized spacial score (nSPS) is 24.7. The zero-order valence-electron chi connectivity index (χ0n) is 12.8. The molecule has 0 bridgehead atoms. The van der Waals surface area contributed by atoms with Crippen molar-refractivity contribution in [3.63, 3.8) is 0 Å². The van der Waals surface area contributed by atoms with E-state index in [1.165, 1.54) is 4.31 Å². The van der Waals surface area contributed by atoms with E-state index in [-0.39, 0.29) is 18.3 Å². The summed E-state index contributed by atoms with van der Waals surface area (Å²) in [5, 5.41) is 9.07. The van der Waals surface area contributed by atoms with Crippen molar-refractivity contribution in [3.8, 4) is 0 Å². The van der Waals surface area contributed by atoms with E-state index in [1.54, 1.807) is 11.8 Å². The molecule has 2 fully saturated rings. The number of piperazine rings is 1. The maximum absolute atomic E-state index is 12.7. The quantitative estimate of drug-likeness (QED) is 0.714. The Morgan fingerprint density at radius 1 is 1.19 bits per heavy atom. The second-order valence-electron chi connectivity index (χ2n) is 5.77. The monoisotopic (exact) mass is 319 g/mol. The maximum Gasteiger partial charge on any atom is 0.243 e. The highest BCUT2D eigenvalue weighted by Crippen LogP contribution is 2.33.